The summed E-state index contributed by atoms with van der Waals surface area (Å²) < 4.78 is 5.61. The van der Waals surface area contributed by atoms with Gasteiger partial charge < -0.3 is 9.84 Å². The Bertz CT molecular complexity index is 649. The zero-order valence-electron chi connectivity index (χ0n) is 10.2. The largest absolute Gasteiger partial charge is 0.478 e. The van der Waals surface area contributed by atoms with Gasteiger partial charge in [-0.05, 0) is 42.0 Å². The second-order valence-corrected chi connectivity index (χ2v) is 4.76. The van der Waals surface area contributed by atoms with Gasteiger partial charge in [0.1, 0.15) is 11.5 Å². The molecule has 0 radical (unpaired) electrons. The van der Waals surface area contributed by atoms with Crippen molar-refractivity contribution in [1.29, 1.82) is 0 Å². The highest BCUT2D eigenvalue weighted by Crippen LogP contribution is 2.31. The number of halogens is 2. The Morgan fingerprint density at radius 3 is 2.40 bits per heavy atom. The molecule has 102 valence electrons. The third kappa shape index (κ3) is 4.02. The molecular weight excluding hydrogens is 299 g/mol. The molecule has 0 aliphatic heterocycles. The first-order valence-corrected chi connectivity index (χ1v) is 6.44. The van der Waals surface area contributed by atoms with Gasteiger partial charge in [-0.2, -0.15) is 0 Å². The summed E-state index contributed by atoms with van der Waals surface area (Å²) in [6.07, 6.45) is 2.58. The van der Waals surface area contributed by atoms with E-state index in [4.69, 9.17) is 33.0 Å². The molecule has 0 amide bonds. The summed E-state index contributed by atoms with van der Waals surface area (Å²) in [4.78, 5) is 10.4. The van der Waals surface area contributed by atoms with Crippen LogP contribution in [0.2, 0.25) is 10.0 Å². The highest BCUT2D eigenvalue weighted by molar-refractivity contribution is 6.35. The van der Waals surface area contributed by atoms with E-state index in [9.17, 15) is 4.79 Å². The Hall–Kier alpha value is -1.97. The lowest BCUT2D eigenvalue weighted by Crippen LogP contribution is -1.87. The van der Waals surface area contributed by atoms with Crippen LogP contribution in [0.5, 0.6) is 11.5 Å². The molecule has 0 aliphatic carbocycles. The number of rotatable bonds is 4. The van der Waals surface area contributed by atoms with Gasteiger partial charge in [-0.25, -0.2) is 4.79 Å². The molecule has 2 aromatic carbocycles. The SMILES string of the molecule is O=C(O)C=Cc1ccc(Oc2ccc(Cl)cc2Cl)cc1. The van der Waals surface area contributed by atoms with Gasteiger partial charge in [0, 0.05) is 11.1 Å². The molecule has 2 rings (SSSR count). The number of aliphatic carboxylic acids is 1. The quantitative estimate of drug-likeness (QED) is 0.818. The van der Waals surface area contributed by atoms with Crippen molar-refractivity contribution in [2.24, 2.45) is 0 Å². The van der Waals surface area contributed by atoms with Gasteiger partial charge in [-0.3, -0.25) is 0 Å². The Kier molecular flexibility index (Phi) is 4.66. The minimum Gasteiger partial charge on any atom is -0.478 e. The van der Waals surface area contributed by atoms with Crippen molar-refractivity contribution < 1.29 is 14.6 Å². The molecule has 0 saturated carbocycles. The Labute approximate surface area is 126 Å². The number of carboxylic acid groups (broad SMARTS) is 1. The van der Waals surface area contributed by atoms with E-state index in [1.54, 1.807) is 42.5 Å². The normalized spacial score (nSPS) is 10.7. The smallest absolute Gasteiger partial charge is 0.328 e. The molecule has 0 heterocycles. The second-order valence-electron chi connectivity index (χ2n) is 3.92. The summed E-state index contributed by atoms with van der Waals surface area (Å²) in [5.74, 6) is 0.116. The maximum atomic E-state index is 10.4. The average Bonchev–Trinajstić information content (AvgIpc) is 2.41. The van der Waals surface area contributed by atoms with E-state index in [-0.39, 0.29) is 0 Å². The number of carboxylic acids is 1. The maximum Gasteiger partial charge on any atom is 0.328 e. The monoisotopic (exact) mass is 308 g/mol. The van der Waals surface area contributed by atoms with Crippen LogP contribution in [0.4, 0.5) is 0 Å². The second kappa shape index (κ2) is 6.46. The van der Waals surface area contributed by atoms with Crippen molar-refractivity contribution in [3.8, 4) is 11.5 Å². The summed E-state index contributed by atoms with van der Waals surface area (Å²) in [7, 11) is 0. The molecular formula is C15H10Cl2O3. The van der Waals surface area contributed by atoms with E-state index in [0.29, 0.717) is 21.5 Å². The van der Waals surface area contributed by atoms with E-state index in [1.165, 1.54) is 6.08 Å². The lowest BCUT2D eigenvalue weighted by atomic mass is 10.2. The molecule has 0 bridgehead atoms. The fraction of sp³-hybridized carbons (Fsp3) is 0. The number of hydrogen-bond donors (Lipinski definition) is 1. The first kappa shape index (κ1) is 14.4. The lowest BCUT2D eigenvalue weighted by Gasteiger charge is -2.07. The van der Waals surface area contributed by atoms with Crippen molar-refractivity contribution >= 4 is 35.2 Å². The highest BCUT2D eigenvalue weighted by atomic mass is 35.5. The van der Waals surface area contributed by atoms with Crippen LogP contribution in [0.3, 0.4) is 0 Å². The first-order valence-electron chi connectivity index (χ1n) is 5.68. The topological polar surface area (TPSA) is 46.5 Å². The van der Waals surface area contributed by atoms with Crippen LogP contribution < -0.4 is 4.74 Å². The first-order chi connectivity index (χ1) is 9.54. The van der Waals surface area contributed by atoms with Gasteiger partial charge in [-0.1, -0.05) is 35.3 Å². The Morgan fingerprint density at radius 2 is 1.80 bits per heavy atom. The number of ether oxygens (including phenoxy) is 1. The molecule has 0 aliphatic rings. The lowest BCUT2D eigenvalue weighted by molar-refractivity contribution is -0.131. The summed E-state index contributed by atoms with van der Waals surface area (Å²) in [5, 5.41) is 9.50. The molecule has 0 atom stereocenters. The van der Waals surface area contributed by atoms with Gasteiger partial charge in [-0.15, -0.1) is 0 Å². The van der Waals surface area contributed by atoms with Crippen LogP contribution in [-0.2, 0) is 4.79 Å². The summed E-state index contributed by atoms with van der Waals surface area (Å²) >= 11 is 11.8. The van der Waals surface area contributed by atoms with Crippen LogP contribution in [-0.4, -0.2) is 11.1 Å². The van der Waals surface area contributed by atoms with Gasteiger partial charge in [0.15, 0.2) is 0 Å². The average molecular weight is 309 g/mol. The van der Waals surface area contributed by atoms with Gasteiger partial charge >= 0.3 is 5.97 Å². The molecule has 3 nitrogen and oxygen atoms in total. The van der Waals surface area contributed by atoms with E-state index in [2.05, 4.69) is 0 Å². The van der Waals surface area contributed by atoms with Crippen molar-refractivity contribution in [1.82, 2.24) is 0 Å². The predicted octanol–water partition coefficient (Wildman–Crippen LogP) is 4.88. The molecule has 0 spiro atoms. The molecule has 20 heavy (non-hydrogen) atoms. The van der Waals surface area contributed by atoms with Crippen molar-refractivity contribution in [2.75, 3.05) is 0 Å². The van der Waals surface area contributed by atoms with Crippen LogP contribution in [0.25, 0.3) is 6.08 Å². The van der Waals surface area contributed by atoms with Gasteiger partial charge in [0.2, 0.25) is 0 Å². The molecule has 0 aromatic heterocycles. The van der Waals surface area contributed by atoms with Crippen LogP contribution >= 0.6 is 23.2 Å². The minimum atomic E-state index is -0.988. The van der Waals surface area contributed by atoms with Crippen LogP contribution in [0.15, 0.2) is 48.5 Å². The molecule has 1 N–H and O–H groups in total. The van der Waals surface area contributed by atoms with Crippen LogP contribution in [0, 0.1) is 0 Å². The standard InChI is InChI=1S/C15H10Cl2O3/c16-11-4-7-14(13(17)9-11)20-12-5-1-10(2-6-12)3-8-15(18)19/h1-9H,(H,18,19). The number of carbonyl (C=O) groups is 1. The molecule has 2 aromatic rings. The van der Waals surface area contributed by atoms with Crippen molar-refractivity contribution in [3.63, 3.8) is 0 Å². The summed E-state index contributed by atoms with van der Waals surface area (Å²) in [5.41, 5.74) is 0.766. The zero-order valence-corrected chi connectivity index (χ0v) is 11.7. The van der Waals surface area contributed by atoms with E-state index >= 15 is 0 Å². The zero-order chi connectivity index (χ0) is 14.5. The van der Waals surface area contributed by atoms with E-state index < -0.39 is 5.97 Å². The summed E-state index contributed by atoms with van der Waals surface area (Å²) in [6, 6.07) is 11.9. The fourth-order valence-corrected chi connectivity index (χ4v) is 1.95. The van der Waals surface area contributed by atoms with Gasteiger partial charge in [0.25, 0.3) is 0 Å². The van der Waals surface area contributed by atoms with Gasteiger partial charge in [0.05, 0.1) is 5.02 Å². The Balaban J connectivity index is 2.12. The third-order valence-corrected chi connectivity index (χ3v) is 2.95. The Morgan fingerprint density at radius 1 is 1.10 bits per heavy atom. The molecule has 5 heteroatoms. The number of benzene rings is 2. The maximum absolute atomic E-state index is 10.4. The van der Waals surface area contributed by atoms with E-state index in [0.717, 1.165) is 11.6 Å². The summed E-state index contributed by atoms with van der Waals surface area (Å²) in [6.45, 7) is 0. The predicted molar refractivity (Wildman–Crippen MR) is 79.6 cm³/mol. The molecule has 0 saturated heterocycles. The molecule has 0 unspecified atom stereocenters. The minimum absolute atomic E-state index is 0.423. The van der Waals surface area contributed by atoms with Crippen molar-refractivity contribution in [3.05, 3.63) is 64.1 Å². The highest BCUT2D eigenvalue weighted by Gasteiger charge is 2.03. The number of hydrogen-bond acceptors (Lipinski definition) is 2. The fourth-order valence-electron chi connectivity index (χ4n) is 1.50. The van der Waals surface area contributed by atoms with Crippen molar-refractivity contribution in [2.45, 2.75) is 0 Å². The van der Waals surface area contributed by atoms with E-state index in [1.807, 2.05) is 0 Å². The third-order valence-electron chi connectivity index (χ3n) is 2.42. The molecule has 0 fully saturated rings. The van der Waals surface area contributed by atoms with Crippen LogP contribution in [0.1, 0.15) is 5.56 Å².